The molecule has 2 N–H and O–H groups in total. The monoisotopic (exact) mass is 401 g/mol. The van der Waals surface area contributed by atoms with E-state index in [1.54, 1.807) is 0 Å². The van der Waals surface area contributed by atoms with Crippen LogP contribution < -0.4 is 5.73 Å². The van der Waals surface area contributed by atoms with Gasteiger partial charge in [0, 0.05) is 44.2 Å². The Kier molecular flexibility index (Phi) is 8.03. The Labute approximate surface area is 172 Å². The molecule has 6 heteroatoms. The van der Waals surface area contributed by atoms with Crippen LogP contribution in [-0.4, -0.2) is 47.8 Å². The summed E-state index contributed by atoms with van der Waals surface area (Å²) in [5.41, 5.74) is 8.95. The number of hydrogen-bond donors (Lipinski definition) is 1. The van der Waals surface area contributed by atoms with Gasteiger partial charge in [0.05, 0.1) is 0 Å². The number of hydrogen-bond acceptors (Lipinski definition) is 3. The first-order valence-electron chi connectivity index (χ1n) is 9.49. The molecule has 1 aliphatic heterocycles. The molecule has 28 heavy (non-hydrogen) atoms. The van der Waals surface area contributed by atoms with E-state index in [0.29, 0.717) is 31.7 Å². The Morgan fingerprint density at radius 3 is 2.36 bits per heavy atom. The number of rotatable bonds is 4. The first-order chi connectivity index (χ1) is 13.0. The Hall–Kier alpha value is -2.37. The average Bonchev–Trinajstić information content (AvgIpc) is 2.94. The largest absolute Gasteiger partial charge is 0.341 e. The molecule has 0 saturated carbocycles. The fraction of sp³-hybridized carbons (Fsp3) is 0.364. The molecule has 1 unspecified atom stereocenters. The average molecular weight is 402 g/mol. The van der Waals surface area contributed by atoms with E-state index in [0.717, 1.165) is 17.5 Å². The van der Waals surface area contributed by atoms with Gasteiger partial charge in [-0.05, 0) is 31.0 Å². The van der Waals surface area contributed by atoms with Crippen LogP contribution in [0.25, 0.3) is 0 Å². The molecule has 2 aromatic rings. The third kappa shape index (κ3) is 5.57. The maximum atomic E-state index is 12.7. The van der Waals surface area contributed by atoms with Gasteiger partial charge < -0.3 is 15.5 Å². The number of nitrogens with two attached hydrogens (primary N) is 1. The molecule has 3 rings (SSSR count). The predicted octanol–water partition coefficient (Wildman–Crippen LogP) is 3.18. The molecule has 0 aliphatic carbocycles. The van der Waals surface area contributed by atoms with Crippen LogP contribution in [0.15, 0.2) is 54.6 Å². The van der Waals surface area contributed by atoms with Crippen molar-refractivity contribution in [1.82, 2.24) is 9.80 Å². The molecule has 1 heterocycles. The van der Waals surface area contributed by atoms with Crippen molar-refractivity contribution >= 4 is 24.2 Å². The molecule has 0 radical (unpaired) electrons. The molecule has 5 nitrogen and oxygen atoms in total. The zero-order valence-corrected chi connectivity index (χ0v) is 17.0. The first kappa shape index (κ1) is 21.9. The minimum Gasteiger partial charge on any atom is -0.341 e. The van der Waals surface area contributed by atoms with Gasteiger partial charge in [0.15, 0.2) is 0 Å². The summed E-state index contributed by atoms with van der Waals surface area (Å²) in [6.07, 6.45) is 1.07. The molecule has 0 spiro atoms. The van der Waals surface area contributed by atoms with Gasteiger partial charge in [-0.25, -0.2) is 0 Å². The second-order valence-electron chi connectivity index (χ2n) is 7.12. The van der Waals surface area contributed by atoms with E-state index in [9.17, 15) is 9.59 Å². The summed E-state index contributed by atoms with van der Waals surface area (Å²) < 4.78 is 0. The normalized spacial score (nSPS) is 15.4. The second kappa shape index (κ2) is 10.2. The molecule has 2 amide bonds. The molecule has 1 atom stereocenters. The van der Waals surface area contributed by atoms with Crippen molar-refractivity contribution in [3.05, 3.63) is 71.3 Å². The molecule has 1 saturated heterocycles. The van der Waals surface area contributed by atoms with Crippen molar-refractivity contribution < 1.29 is 9.59 Å². The zero-order valence-electron chi connectivity index (χ0n) is 16.2. The summed E-state index contributed by atoms with van der Waals surface area (Å²) in [5, 5.41) is 0. The molecule has 2 aromatic carbocycles. The summed E-state index contributed by atoms with van der Waals surface area (Å²) >= 11 is 0. The van der Waals surface area contributed by atoms with E-state index >= 15 is 0 Å². The fourth-order valence-electron chi connectivity index (χ4n) is 3.47. The maximum Gasteiger partial charge on any atom is 0.253 e. The number of nitrogens with zero attached hydrogens (tertiary/aromatic N) is 2. The third-order valence-corrected chi connectivity index (χ3v) is 5.02. The van der Waals surface area contributed by atoms with Gasteiger partial charge in [-0.3, -0.25) is 9.59 Å². The summed E-state index contributed by atoms with van der Waals surface area (Å²) in [6.45, 7) is 4.42. The summed E-state index contributed by atoms with van der Waals surface area (Å²) in [4.78, 5) is 29.1. The van der Waals surface area contributed by atoms with E-state index in [2.05, 4.69) is 0 Å². The van der Waals surface area contributed by atoms with Crippen LogP contribution in [-0.2, 0) is 4.79 Å². The second-order valence-corrected chi connectivity index (χ2v) is 7.12. The van der Waals surface area contributed by atoms with Crippen LogP contribution in [0.2, 0.25) is 0 Å². The number of aryl methyl sites for hydroxylation is 1. The minimum atomic E-state index is -0.299. The number of amides is 2. The molecule has 0 aromatic heterocycles. The highest BCUT2D eigenvalue weighted by atomic mass is 35.5. The number of carbonyl (C=O) groups excluding carboxylic acids is 2. The predicted molar refractivity (Wildman–Crippen MR) is 114 cm³/mol. The molecule has 1 aliphatic rings. The van der Waals surface area contributed by atoms with E-state index in [-0.39, 0.29) is 36.7 Å². The Bertz CT molecular complexity index is 797. The molecule has 1 fully saturated rings. The van der Waals surface area contributed by atoms with Crippen LogP contribution in [0.3, 0.4) is 0 Å². The van der Waals surface area contributed by atoms with E-state index < -0.39 is 0 Å². The highest BCUT2D eigenvalue weighted by Crippen LogP contribution is 2.16. The SMILES string of the molecule is Cc1cccc(C(=O)N2CCCN(C(=O)CC(N)c3ccccc3)CC2)c1.Cl. The quantitative estimate of drug-likeness (QED) is 0.855. The van der Waals surface area contributed by atoms with Gasteiger partial charge >= 0.3 is 0 Å². The standard InChI is InChI=1S/C22H27N3O2.ClH/c1-17-7-5-10-19(15-17)22(27)25-12-6-11-24(13-14-25)21(26)16-20(23)18-8-3-2-4-9-18;/h2-5,7-10,15,20H,6,11-14,16,23H2,1H3;1H. The van der Waals surface area contributed by atoms with Gasteiger partial charge in [-0.15, -0.1) is 12.4 Å². The lowest BCUT2D eigenvalue weighted by Crippen LogP contribution is -2.38. The van der Waals surface area contributed by atoms with Crippen LogP contribution in [0.5, 0.6) is 0 Å². The molecule has 0 bridgehead atoms. The summed E-state index contributed by atoms with van der Waals surface area (Å²) in [6, 6.07) is 17.0. The Morgan fingerprint density at radius 1 is 0.964 bits per heavy atom. The Morgan fingerprint density at radius 2 is 1.64 bits per heavy atom. The van der Waals surface area contributed by atoms with Gasteiger partial charge in [-0.2, -0.15) is 0 Å². The third-order valence-electron chi connectivity index (χ3n) is 5.02. The number of benzene rings is 2. The minimum absolute atomic E-state index is 0. The lowest BCUT2D eigenvalue weighted by molar-refractivity contribution is -0.131. The highest BCUT2D eigenvalue weighted by Gasteiger charge is 2.24. The summed E-state index contributed by atoms with van der Waals surface area (Å²) in [5.74, 6) is 0.0881. The van der Waals surface area contributed by atoms with Crippen molar-refractivity contribution in [2.75, 3.05) is 26.2 Å². The van der Waals surface area contributed by atoms with Gasteiger partial charge in [0.2, 0.25) is 5.91 Å². The highest BCUT2D eigenvalue weighted by molar-refractivity contribution is 5.94. The molecular weight excluding hydrogens is 374 g/mol. The van der Waals surface area contributed by atoms with Crippen molar-refractivity contribution in [1.29, 1.82) is 0 Å². The molecular formula is C22H28ClN3O2. The van der Waals surface area contributed by atoms with Crippen molar-refractivity contribution in [2.45, 2.75) is 25.8 Å². The van der Waals surface area contributed by atoms with Crippen LogP contribution in [0.4, 0.5) is 0 Å². The lowest BCUT2D eigenvalue weighted by Gasteiger charge is -2.23. The summed E-state index contributed by atoms with van der Waals surface area (Å²) in [7, 11) is 0. The maximum absolute atomic E-state index is 12.7. The van der Waals surface area contributed by atoms with E-state index in [1.807, 2.05) is 71.3 Å². The van der Waals surface area contributed by atoms with E-state index in [1.165, 1.54) is 0 Å². The van der Waals surface area contributed by atoms with Crippen molar-refractivity contribution in [2.24, 2.45) is 5.73 Å². The number of halogens is 1. The number of carbonyl (C=O) groups is 2. The van der Waals surface area contributed by atoms with Crippen LogP contribution in [0.1, 0.15) is 40.4 Å². The lowest BCUT2D eigenvalue weighted by atomic mass is 10.0. The van der Waals surface area contributed by atoms with Crippen LogP contribution in [0, 0.1) is 6.92 Å². The zero-order chi connectivity index (χ0) is 19.2. The molecule has 150 valence electrons. The topological polar surface area (TPSA) is 66.6 Å². The van der Waals surface area contributed by atoms with E-state index in [4.69, 9.17) is 5.73 Å². The fourth-order valence-corrected chi connectivity index (χ4v) is 3.47. The smallest absolute Gasteiger partial charge is 0.253 e. The Balaban J connectivity index is 0.00000280. The van der Waals surface area contributed by atoms with Crippen LogP contribution >= 0.6 is 12.4 Å². The van der Waals surface area contributed by atoms with Gasteiger partial charge in [-0.1, -0.05) is 48.0 Å². The van der Waals surface area contributed by atoms with Gasteiger partial charge in [0.25, 0.3) is 5.91 Å². The van der Waals surface area contributed by atoms with Gasteiger partial charge in [0.1, 0.15) is 0 Å². The van der Waals surface area contributed by atoms with Crippen molar-refractivity contribution in [3.8, 4) is 0 Å². The first-order valence-corrected chi connectivity index (χ1v) is 9.49. The van der Waals surface area contributed by atoms with Crippen molar-refractivity contribution in [3.63, 3.8) is 0 Å².